The normalized spacial score (nSPS) is 11.5. The fourth-order valence-corrected chi connectivity index (χ4v) is 1.07. The molecule has 8 heteroatoms. The highest BCUT2D eigenvalue weighted by Gasteiger charge is 2.33. The van der Waals surface area contributed by atoms with E-state index in [9.17, 15) is 13.2 Å². The zero-order valence-electron chi connectivity index (χ0n) is 7.31. The van der Waals surface area contributed by atoms with Gasteiger partial charge in [-0.15, -0.1) is 13.2 Å². The lowest BCUT2D eigenvalue weighted by Gasteiger charge is -2.11. The highest BCUT2D eigenvalue weighted by atomic mass is 35.5. The van der Waals surface area contributed by atoms with Gasteiger partial charge in [-0.3, -0.25) is 0 Å². The molecule has 4 nitrogen and oxygen atoms in total. The molecule has 0 aromatic carbocycles. The molecule has 0 bridgehead atoms. The Labute approximate surface area is 88.0 Å². The standard InChI is InChI=1S/C7H7ClF3N3O/c8-4-5(13)3(1-12)2-14-6(4)15-7(9,10)11/h2H,1,12H2,(H2,13,14). The summed E-state index contributed by atoms with van der Waals surface area (Å²) < 4.78 is 39.1. The SMILES string of the molecule is NCc1cnc(OC(F)(F)F)c(Cl)c1N. The Balaban J connectivity index is 3.07. The van der Waals surface area contributed by atoms with Gasteiger partial charge in [0.05, 0.1) is 5.69 Å². The topological polar surface area (TPSA) is 74.2 Å². The molecule has 1 aromatic heterocycles. The molecule has 15 heavy (non-hydrogen) atoms. The third kappa shape index (κ3) is 2.87. The first-order chi connectivity index (χ1) is 6.85. The number of ether oxygens (including phenoxy) is 1. The maximum absolute atomic E-state index is 11.8. The summed E-state index contributed by atoms with van der Waals surface area (Å²) in [6.07, 6.45) is -3.77. The van der Waals surface area contributed by atoms with E-state index < -0.39 is 17.3 Å². The van der Waals surface area contributed by atoms with E-state index in [1.165, 1.54) is 0 Å². The van der Waals surface area contributed by atoms with Gasteiger partial charge < -0.3 is 16.2 Å². The Morgan fingerprint density at radius 1 is 1.47 bits per heavy atom. The molecule has 1 rings (SSSR count). The van der Waals surface area contributed by atoms with E-state index in [4.69, 9.17) is 23.1 Å². The lowest BCUT2D eigenvalue weighted by molar-refractivity contribution is -0.276. The minimum absolute atomic E-state index is 0.0326. The van der Waals surface area contributed by atoms with Crippen LogP contribution in [-0.2, 0) is 6.54 Å². The lowest BCUT2D eigenvalue weighted by Crippen LogP contribution is -2.18. The number of aromatic nitrogens is 1. The first-order valence-corrected chi connectivity index (χ1v) is 4.11. The van der Waals surface area contributed by atoms with Gasteiger partial charge in [0.2, 0.25) is 5.88 Å². The van der Waals surface area contributed by atoms with Crippen LogP contribution in [0.1, 0.15) is 5.56 Å². The summed E-state index contributed by atoms with van der Waals surface area (Å²) in [6, 6.07) is 0. The Kier molecular flexibility index (Phi) is 3.25. The third-order valence-electron chi connectivity index (χ3n) is 1.54. The van der Waals surface area contributed by atoms with Crippen molar-refractivity contribution in [2.24, 2.45) is 5.73 Å². The number of nitrogens with two attached hydrogens (primary N) is 2. The van der Waals surface area contributed by atoms with Gasteiger partial charge in [-0.05, 0) is 0 Å². The van der Waals surface area contributed by atoms with Crippen molar-refractivity contribution in [3.63, 3.8) is 0 Å². The molecule has 0 aliphatic rings. The summed E-state index contributed by atoms with van der Waals surface area (Å²) in [6.45, 7) is 0.0326. The van der Waals surface area contributed by atoms with Crippen LogP contribution in [0.3, 0.4) is 0 Å². The van der Waals surface area contributed by atoms with Gasteiger partial charge in [-0.25, -0.2) is 4.98 Å². The molecule has 1 aromatic rings. The van der Waals surface area contributed by atoms with Gasteiger partial charge in [0.15, 0.2) is 0 Å². The van der Waals surface area contributed by atoms with Crippen LogP contribution in [-0.4, -0.2) is 11.3 Å². The van der Waals surface area contributed by atoms with Gasteiger partial charge in [-0.1, -0.05) is 11.6 Å². The quantitative estimate of drug-likeness (QED) is 0.826. The Bertz CT molecular complexity index is 369. The molecule has 84 valence electrons. The predicted octanol–water partition coefficient (Wildman–Crippen LogP) is 1.67. The van der Waals surface area contributed by atoms with Gasteiger partial charge in [0, 0.05) is 18.3 Å². The van der Waals surface area contributed by atoms with Crippen LogP contribution < -0.4 is 16.2 Å². The number of pyridine rings is 1. The van der Waals surface area contributed by atoms with Crippen molar-refractivity contribution in [1.29, 1.82) is 0 Å². The molecule has 4 N–H and O–H groups in total. The van der Waals surface area contributed by atoms with Crippen LogP contribution in [0.2, 0.25) is 5.02 Å². The maximum atomic E-state index is 11.8. The van der Waals surface area contributed by atoms with Gasteiger partial charge in [-0.2, -0.15) is 0 Å². The fourth-order valence-electron chi connectivity index (χ4n) is 0.862. The number of nitrogen functional groups attached to an aromatic ring is 1. The van der Waals surface area contributed by atoms with Crippen molar-refractivity contribution in [2.45, 2.75) is 12.9 Å². The second kappa shape index (κ2) is 4.11. The molecule has 0 aliphatic carbocycles. The third-order valence-corrected chi connectivity index (χ3v) is 1.91. The van der Waals surface area contributed by atoms with Crippen LogP contribution in [0, 0.1) is 0 Å². The Morgan fingerprint density at radius 3 is 2.53 bits per heavy atom. The number of halogens is 4. The maximum Gasteiger partial charge on any atom is 0.574 e. The molecule has 0 saturated carbocycles. The first-order valence-electron chi connectivity index (χ1n) is 3.74. The molecule has 0 amide bonds. The number of rotatable bonds is 2. The number of nitrogens with zero attached hydrogens (tertiary/aromatic N) is 1. The largest absolute Gasteiger partial charge is 0.574 e. The Hall–Kier alpha value is -1.21. The summed E-state index contributed by atoms with van der Waals surface area (Å²) >= 11 is 5.52. The predicted molar refractivity (Wildman–Crippen MR) is 48.2 cm³/mol. The fraction of sp³-hybridized carbons (Fsp3) is 0.286. The van der Waals surface area contributed by atoms with Crippen LogP contribution in [0.25, 0.3) is 0 Å². The van der Waals surface area contributed by atoms with E-state index >= 15 is 0 Å². The zero-order valence-corrected chi connectivity index (χ0v) is 8.06. The molecule has 1 heterocycles. The minimum Gasteiger partial charge on any atom is -0.397 e. The molecule has 0 fully saturated rings. The van der Waals surface area contributed by atoms with Crippen molar-refractivity contribution in [3.8, 4) is 5.88 Å². The second-order valence-corrected chi connectivity index (χ2v) is 2.95. The summed E-state index contributed by atoms with van der Waals surface area (Å²) in [4.78, 5) is 3.36. The van der Waals surface area contributed by atoms with Crippen molar-refractivity contribution in [3.05, 3.63) is 16.8 Å². The summed E-state index contributed by atoms with van der Waals surface area (Å²) in [7, 11) is 0. The van der Waals surface area contributed by atoms with E-state index in [1.807, 2.05) is 0 Å². The van der Waals surface area contributed by atoms with E-state index in [1.54, 1.807) is 0 Å². The molecule has 0 atom stereocenters. The molecule has 0 spiro atoms. The lowest BCUT2D eigenvalue weighted by atomic mass is 10.2. The van der Waals surface area contributed by atoms with Gasteiger partial charge in [0.25, 0.3) is 0 Å². The van der Waals surface area contributed by atoms with Crippen LogP contribution in [0.15, 0.2) is 6.20 Å². The van der Waals surface area contributed by atoms with Gasteiger partial charge >= 0.3 is 6.36 Å². The van der Waals surface area contributed by atoms with E-state index in [0.717, 1.165) is 6.20 Å². The van der Waals surface area contributed by atoms with Crippen molar-refractivity contribution in [1.82, 2.24) is 4.98 Å². The van der Waals surface area contributed by atoms with Crippen molar-refractivity contribution >= 4 is 17.3 Å². The Morgan fingerprint density at radius 2 is 2.07 bits per heavy atom. The average molecular weight is 242 g/mol. The number of hydrogen-bond donors (Lipinski definition) is 2. The summed E-state index contributed by atoms with van der Waals surface area (Å²) in [5.41, 5.74) is 11.0. The molecule has 0 aliphatic heterocycles. The average Bonchev–Trinajstić information content (AvgIpc) is 2.11. The monoisotopic (exact) mass is 241 g/mol. The summed E-state index contributed by atoms with van der Waals surface area (Å²) in [5, 5.41) is -0.393. The number of alkyl halides is 3. The zero-order chi connectivity index (χ0) is 11.6. The molecule has 0 unspecified atom stereocenters. The molecule has 0 saturated heterocycles. The first kappa shape index (κ1) is 11.9. The van der Waals surface area contributed by atoms with Crippen LogP contribution in [0.4, 0.5) is 18.9 Å². The molecule has 0 radical (unpaired) electrons. The van der Waals surface area contributed by atoms with Crippen LogP contribution >= 0.6 is 11.6 Å². The van der Waals surface area contributed by atoms with E-state index in [2.05, 4.69) is 9.72 Å². The van der Waals surface area contributed by atoms with E-state index in [0.29, 0.717) is 5.56 Å². The van der Waals surface area contributed by atoms with Crippen molar-refractivity contribution < 1.29 is 17.9 Å². The van der Waals surface area contributed by atoms with Gasteiger partial charge in [0.1, 0.15) is 5.02 Å². The smallest absolute Gasteiger partial charge is 0.397 e. The minimum atomic E-state index is -4.85. The van der Waals surface area contributed by atoms with Crippen molar-refractivity contribution in [2.75, 3.05) is 5.73 Å². The van der Waals surface area contributed by atoms with E-state index in [-0.39, 0.29) is 12.2 Å². The highest BCUT2D eigenvalue weighted by molar-refractivity contribution is 6.34. The number of anilines is 1. The summed E-state index contributed by atoms with van der Waals surface area (Å²) in [5.74, 6) is -0.779. The molecular weight excluding hydrogens is 235 g/mol. The highest BCUT2D eigenvalue weighted by Crippen LogP contribution is 2.33. The number of hydrogen-bond acceptors (Lipinski definition) is 4. The molecular formula is C7H7ClF3N3O. The van der Waals surface area contributed by atoms with Crippen LogP contribution in [0.5, 0.6) is 5.88 Å². The second-order valence-electron chi connectivity index (χ2n) is 2.57.